The minimum atomic E-state index is -0.150. The van der Waals surface area contributed by atoms with E-state index in [1.807, 2.05) is 11.8 Å². The van der Waals surface area contributed by atoms with Gasteiger partial charge in [-0.3, -0.25) is 0 Å². The molecule has 2 aromatic carbocycles. The summed E-state index contributed by atoms with van der Waals surface area (Å²) in [6.07, 6.45) is 0.721. The Balaban J connectivity index is 1.35. The van der Waals surface area contributed by atoms with E-state index in [-0.39, 0.29) is 12.1 Å². The van der Waals surface area contributed by atoms with Crippen LogP contribution in [-0.2, 0) is 6.42 Å². The molecule has 3 aromatic rings. The van der Waals surface area contributed by atoms with E-state index in [0.29, 0.717) is 35.4 Å². The molecule has 162 valence electrons. The number of aromatic nitrogens is 2. The Labute approximate surface area is 196 Å². The number of aryl methyl sites for hydroxylation is 1. The van der Waals surface area contributed by atoms with Crippen molar-refractivity contribution >= 4 is 51.6 Å². The van der Waals surface area contributed by atoms with Crippen LogP contribution in [0.2, 0.25) is 10.0 Å². The highest BCUT2D eigenvalue weighted by atomic mass is 35.5. The smallest absolute Gasteiger partial charge is 0.322 e. The highest BCUT2D eigenvalue weighted by molar-refractivity contribution is 7.09. The summed E-state index contributed by atoms with van der Waals surface area (Å²) < 4.78 is 4.53. The van der Waals surface area contributed by atoms with Gasteiger partial charge in [-0.2, -0.15) is 4.37 Å². The van der Waals surface area contributed by atoms with E-state index in [1.165, 1.54) is 22.7 Å². The van der Waals surface area contributed by atoms with Crippen LogP contribution in [-0.4, -0.2) is 46.0 Å². The Morgan fingerprint density at radius 2 is 1.94 bits per heavy atom. The zero-order valence-corrected chi connectivity index (χ0v) is 19.6. The third-order valence-electron chi connectivity index (χ3n) is 5.27. The highest BCUT2D eigenvalue weighted by Gasteiger charge is 2.29. The minimum absolute atomic E-state index is 0.0287. The molecule has 0 bridgehead atoms. The van der Waals surface area contributed by atoms with Gasteiger partial charge in [0, 0.05) is 49.3 Å². The molecular formula is C22H23Cl2N5OS. The summed E-state index contributed by atoms with van der Waals surface area (Å²) in [6.45, 7) is 6.12. The summed E-state index contributed by atoms with van der Waals surface area (Å²) in [4.78, 5) is 21.5. The van der Waals surface area contributed by atoms with E-state index >= 15 is 0 Å². The Morgan fingerprint density at radius 3 is 2.65 bits per heavy atom. The normalized spacial score (nSPS) is 16.5. The summed E-state index contributed by atoms with van der Waals surface area (Å²) in [6, 6.07) is 13.4. The molecule has 4 rings (SSSR count). The molecule has 2 amide bonds. The van der Waals surface area contributed by atoms with Crippen molar-refractivity contribution in [3.05, 3.63) is 69.5 Å². The summed E-state index contributed by atoms with van der Waals surface area (Å²) in [7, 11) is 0. The van der Waals surface area contributed by atoms with Gasteiger partial charge in [0.05, 0.1) is 10.0 Å². The molecule has 0 radical (unpaired) electrons. The zero-order valence-electron chi connectivity index (χ0n) is 17.3. The Morgan fingerprint density at radius 1 is 1.16 bits per heavy atom. The number of amides is 2. The summed E-state index contributed by atoms with van der Waals surface area (Å²) in [5.74, 6) is 0.830. The van der Waals surface area contributed by atoms with Crippen molar-refractivity contribution in [2.45, 2.75) is 26.3 Å². The largest absolute Gasteiger partial charge is 0.343 e. The van der Waals surface area contributed by atoms with Crippen LogP contribution in [0.5, 0.6) is 0 Å². The number of rotatable bonds is 4. The molecule has 6 nitrogen and oxygen atoms in total. The van der Waals surface area contributed by atoms with Crippen molar-refractivity contribution in [3.63, 3.8) is 0 Å². The third kappa shape index (κ3) is 5.29. The molecule has 0 aliphatic carbocycles. The molecule has 1 aliphatic rings. The number of anilines is 2. The standard InChI is InChI=1S/C22H23Cl2N5OS/c1-14-3-5-16(6-4-14)11-20-26-22(31-27-20)28-9-10-29(15(2)13-28)21(30)25-17-7-8-18(23)19(24)12-17/h3-8,12,15H,9-11,13H2,1-2H3,(H,25,30). The van der Waals surface area contributed by atoms with Gasteiger partial charge >= 0.3 is 6.03 Å². The number of nitrogens with one attached hydrogen (secondary N) is 1. The second-order valence-corrected chi connectivity index (χ2v) is 9.25. The second kappa shape index (κ2) is 9.42. The predicted octanol–water partition coefficient (Wildman–Crippen LogP) is 5.49. The van der Waals surface area contributed by atoms with E-state index in [1.54, 1.807) is 18.2 Å². The van der Waals surface area contributed by atoms with Gasteiger partial charge in [0.25, 0.3) is 0 Å². The summed E-state index contributed by atoms with van der Waals surface area (Å²) >= 11 is 13.4. The zero-order chi connectivity index (χ0) is 22.0. The first kappa shape index (κ1) is 21.9. The predicted molar refractivity (Wildman–Crippen MR) is 128 cm³/mol. The number of halogens is 2. The summed E-state index contributed by atoms with van der Waals surface area (Å²) in [5, 5.41) is 4.67. The van der Waals surface area contributed by atoms with Crippen molar-refractivity contribution < 1.29 is 4.79 Å². The highest BCUT2D eigenvalue weighted by Crippen LogP contribution is 2.26. The van der Waals surface area contributed by atoms with Crippen LogP contribution in [0.4, 0.5) is 15.6 Å². The Bertz CT molecular complexity index is 1070. The average molecular weight is 476 g/mol. The molecule has 1 unspecified atom stereocenters. The van der Waals surface area contributed by atoms with Gasteiger partial charge < -0.3 is 15.1 Å². The maximum Gasteiger partial charge on any atom is 0.322 e. The van der Waals surface area contributed by atoms with Crippen LogP contribution in [0.3, 0.4) is 0 Å². The molecule has 1 saturated heterocycles. The van der Waals surface area contributed by atoms with Crippen molar-refractivity contribution in [2.24, 2.45) is 0 Å². The monoisotopic (exact) mass is 475 g/mol. The Hall–Kier alpha value is -2.35. The van der Waals surface area contributed by atoms with Gasteiger partial charge in [-0.15, -0.1) is 0 Å². The maximum absolute atomic E-state index is 12.7. The van der Waals surface area contributed by atoms with Gasteiger partial charge in [-0.1, -0.05) is 53.0 Å². The van der Waals surface area contributed by atoms with Gasteiger partial charge in [-0.05, 0) is 37.6 Å². The van der Waals surface area contributed by atoms with Crippen molar-refractivity contribution in [2.75, 3.05) is 29.9 Å². The SMILES string of the molecule is Cc1ccc(Cc2nsc(N3CCN(C(=O)Nc4ccc(Cl)c(Cl)c4)C(C)C3)n2)cc1. The van der Waals surface area contributed by atoms with Crippen molar-refractivity contribution in [1.82, 2.24) is 14.3 Å². The molecule has 0 saturated carbocycles. The fourth-order valence-electron chi connectivity index (χ4n) is 3.54. The van der Waals surface area contributed by atoms with E-state index in [0.717, 1.165) is 17.4 Å². The van der Waals surface area contributed by atoms with E-state index in [2.05, 4.69) is 45.8 Å². The molecule has 1 aliphatic heterocycles. The number of carbonyl (C=O) groups excluding carboxylic acids is 1. The molecule has 0 spiro atoms. The molecule has 9 heteroatoms. The van der Waals surface area contributed by atoms with Gasteiger partial charge in [-0.25, -0.2) is 9.78 Å². The Kier molecular flexibility index (Phi) is 6.65. The molecule has 1 fully saturated rings. The molecule has 1 N–H and O–H groups in total. The first-order valence-corrected chi connectivity index (χ1v) is 11.6. The van der Waals surface area contributed by atoms with Crippen LogP contribution in [0.15, 0.2) is 42.5 Å². The maximum atomic E-state index is 12.7. The fourth-order valence-corrected chi connectivity index (χ4v) is 4.55. The van der Waals surface area contributed by atoms with E-state index in [9.17, 15) is 4.79 Å². The molecule has 1 atom stereocenters. The number of carbonyl (C=O) groups is 1. The lowest BCUT2D eigenvalue weighted by atomic mass is 10.1. The minimum Gasteiger partial charge on any atom is -0.343 e. The van der Waals surface area contributed by atoms with Crippen LogP contribution >= 0.6 is 34.7 Å². The van der Waals surface area contributed by atoms with Crippen LogP contribution in [0.25, 0.3) is 0 Å². The molecule has 2 heterocycles. The first-order chi connectivity index (χ1) is 14.9. The number of hydrogen-bond acceptors (Lipinski definition) is 5. The van der Waals surface area contributed by atoms with Gasteiger partial charge in [0.2, 0.25) is 5.13 Å². The fraction of sp³-hybridized carbons (Fsp3) is 0.318. The molecular weight excluding hydrogens is 453 g/mol. The number of piperazine rings is 1. The van der Waals surface area contributed by atoms with E-state index in [4.69, 9.17) is 28.2 Å². The van der Waals surface area contributed by atoms with Crippen molar-refractivity contribution in [1.29, 1.82) is 0 Å². The van der Waals surface area contributed by atoms with E-state index < -0.39 is 0 Å². The number of urea groups is 1. The number of nitrogens with zero attached hydrogens (tertiary/aromatic N) is 4. The van der Waals surface area contributed by atoms with Gasteiger partial charge in [0.15, 0.2) is 0 Å². The van der Waals surface area contributed by atoms with Crippen LogP contribution in [0.1, 0.15) is 23.9 Å². The van der Waals surface area contributed by atoms with Crippen molar-refractivity contribution in [3.8, 4) is 0 Å². The number of benzene rings is 2. The van der Waals surface area contributed by atoms with Crippen LogP contribution < -0.4 is 10.2 Å². The number of hydrogen-bond donors (Lipinski definition) is 1. The topological polar surface area (TPSA) is 61.4 Å². The quantitative estimate of drug-likeness (QED) is 0.541. The second-order valence-electron chi connectivity index (χ2n) is 7.70. The molecule has 1 aromatic heterocycles. The average Bonchev–Trinajstić information content (AvgIpc) is 3.21. The van der Waals surface area contributed by atoms with Crippen LogP contribution in [0, 0.1) is 6.92 Å². The first-order valence-electron chi connectivity index (χ1n) is 10.0. The van der Waals surface area contributed by atoms with Gasteiger partial charge in [0.1, 0.15) is 5.82 Å². The lowest BCUT2D eigenvalue weighted by Gasteiger charge is -2.39. The molecule has 31 heavy (non-hydrogen) atoms. The lowest BCUT2D eigenvalue weighted by Crippen LogP contribution is -2.55. The third-order valence-corrected chi connectivity index (χ3v) is 6.82. The summed E-state index contributed by atoms with van der Waals surface area (Å²) in [5.41, 5.74) is 3.07. The lowest BCUT2D eigenvalue weighted by molar-refractivity contribution is 0.185.